The maximum atomic E-state index is 10.7. The Labute approximate surface area is 80.3 Å². The van der Waals surface area contributed by atoms with Gasteiger partial charge in [-0.05, 0) is 38.0 Å². The molecule has 76 valence electrons. The third-order valence-corrected chi connectivity index (χ3v) is 2.95. The number of carbonyl (C=O) groups excluding carboxylic acids is 1. The number of carbonyl (C=O) groups is 1. The highest BCUT2D eigenvalue weighted by molar-refractivity contribution is 5.57. The normalized spacial score (nSPS) is 30.1. The van der Waals surface area contributed by atoms with Gasteiger partial charge in [-0.2, -0.15) is 0 Å². The van der Waals surface area contributed by atoms with Crippen LogP contribution < -0.4 is 0 Å². The topological polar surface area (TPSA) is 37.3 Å². The fourth-order valence-electron chi connectivity index (χ4n) is 2.14. The van der Waals surface area contributed by atoms with Crippen LogP contribution in [-0.2, 0) is 4.79 Å². The first-order chi connectivity index (χ1) is 6.03. The average Bonchev–Trinajstić information content (AvgIpc) is 2.09. The maximum absolute atomic E-state index is 10.7. The Balaban J connectivity index is 2.34. The molecule has 1 N–H and O–H groups in total. The van der Waals surface area contributed by atoms with Gasteiger partial charge < -0.3 is 9.90 Å². The molecule has 0 aromatic carbocycles. The molecule has 0 radical (unpaired) electrons. The fraction of sp³-hybridized carbons (Fsp3) is 0.909. The van der Waals surface area contributed by atoms with Gasteiger partial charge in [-0.1, -0.05) is 13.8 Å². The second-order valence-corrected chi connectivity index (χ2v) is 4.99. The SMILES string of the molecule is CC(C)(C=O)CC1CCC(O)CC1. The number of hydrogen-bond donors (Lipinski definition) is 1. The zero-order valence-electron chi connectivity index (χ0n) is 8.62. The molecule has 0 atom stereocenters. The van der Waals surface area contributed by atoms with E-state index in [2.05, 4.69) is 0 Å². The van der Waals surface area contributed by atoms with E-state index in [0.29, 0.717) is 5.92 Å². The van der Waals surface area contributed by atoms with Crippen LogP contribution in [-0.4, -0.2) is 17.5 Å². The van der Waals surface area contributed by atoms with E-state index in [9.17, 15) is 9.90 Å². The van der Waals surface area contributed by atoms with Crippen LogP contribution in [0.5, 0.6) is 0 Å². The van der Waals surface area contributed by atoms with Crippen molar-refractivity contribution in [2.24, 2.45) is 11.3 Å². The van der Waals surface area contributed by atoms with Crippen molar-refractivity contribution in [3.8, 4) is 0 Å². The molecule has 0 amide bonds. The van der Waals surface area contributed by atoms with Crippen molar-refractivity contribution in [1.82, 2.24) is 0 Å². The van der Waals surface area contributed by atoms with E-state index in [4.69, 9.17) is 0 Å². The van der Waals surface area contributed by atoms with Gasteiger partial charge in [0.1, 0.15) is 6.29 Å². The first-order valence-corrected chi connectivity index (χ1v) is 5.18. The number of hydrogen-bond acceptors (Lipinski definition) is 2. The van der Waals surface area contributed by atoms with E-state index < -0.39 is 0 Å². The van der Waals surface area contributed by atoms with E-state index >= 15 is 0 Å². The highest BCUT2D eigenvalue weighted by Gasteiger charge is 2.26. The predicted octanol–water partition coefficient (Wildman–Crippen LogP) is 2.15. The zero-order valence-corrected chi connectivity index (χ0v) is 8.62. The Morgan fingerprint density at radius 2 is 1.85 bits per heavy atom. The van der Waals surface area contributed by atoms with Gasteiger partial charge in [0.2, 0.25) is 0 Å². The lowest BCUT2D eigenvalue weighted by Crippen LogP contribution is -2.24. The lowest BCUT2D eigenvalue weighted by Gasteiger charge is -2.29. The van der Waals surface area contributed by atoms with E-state index in [-0.39, 0.29) is 11.5 Å². The predicted molar refractivity (Wildman–Crippen MR) is 52.4 cm³/mol. The average molecular weight is 184 g/mol. The molecule has 0 bridgehead atoms. The zero-order chi connectivity index (χ0) is 9.90. The summed E-state index contributed by atoms with van der Waals surface area (Å²) in [5.41, 5.74) is -0.174. The highest BCUT2D eigenvalue weighted by Crippen LogP contribution is 2.33. The first kappa shape index (κ1) is 10.7. The molecule has 2 nitrogen and oxygen atoms in total. The third-order valence-electron chi connectivity index (χ3n) is 2.95. The smallest absolute Gasteiger partial charge is 0.125 e. The Hall–Kier alpha value is -0.370. The van der Waals surface area contributed by atoms with E-state index in [0.717, 1.165) is 38.4 Å². The summed E-state index contributed by atoms with van der Waals surface area (Å²) in [6, 6.07) is 0. The van der Waals surface area contributed by atoms with Crippen LogP contribution in [0.3, 0.4) is 0 Å². The molecular formula is C11H20O2. The molecule has 2 heteroatoms. The molecule has 0 saturated heterocycles. The fourth-order valence-corrected chi connectivity index (χ4v) is 2.14. The monoisotopic (exact) mass is 184 g/mol. The summed E-state index contributed by atoms with van der Waals surface area (Å²) >= 11 is 0. The van der Waals surface area contributed by atoms with Crippen molar-refractivity contribution in [1.29, 1.82) is 0 Å². The van der Waals surface area contributed by atoms with Gasteiger partial charge in [-0.15, -0.1) is 0 Å². The molecule has 0 aromatic rings. The molecule has 1 fully saturated rings. The molecule has 0 aromatic heterocycles. The van der Waals surface area contributed by atoms with E-state index in [1.54, 1.807) is 0 Å². The first-order valence-electron chi connectivity index (χ1n) is 5.18. The molecule has 0 spiro atoms. The van der Waals surface area contributed by atoms with Crippen LogP contribution in [0.2, 0.25) is 0 Å². The van der Waals surface area contributed by atoms with Crippen LogP contribution in [0.15, 0.2) is 0 Å². The minimum atomic E-state index is -0.174. The summed E-state index contributed by atoms with van der Waals surface area (Å²) < 4.78 is 0. The van der Waals surface area contributed by atoms with Crippen molar-refractivity contribution in [2.75, 3.05) is 0 Å². The van der Waals surface area contributed by atoms with Gasteiger partial charge >= 0.3 is 0 Å². The number of aliphatic hydroxyl groups is 1. The summed E-state index contributed by atoms with van der Waals surface area (Å²) in [7, 11) is 0. The second kappa shape index (κ2) is 4.23. The minimum Gasteiger partial charge on any atom is -0.393 e. The van der Waals surface area contributed by atoms with Crippen LogP contribution in [0, 0.1) is 11.3 Å². The standard InChI is InChI=1S/C11H20O2/c1-11(2,8-12)7-9-3-5-10(13)6-4-9/h8-10,13H,3-7H2,1-2H3. The third kappa shape index (κ3) is 3.47. The Morgan fingerprint density at radius 3 is 2.31 bits per heavy atom. The van der Waals surface area contributed by atoms with Crippen molar-refractivity contribution >= 4 is 6.29 Å². The van der Waals surface area contributed by atoms with E-state index in [1.165, 1.54) is 0 Å². The molecule has 13 heavy (non-hydrogen) atoms. The molecule has 0 unspecified atom stereocenters. The molecule has 0 aliphatic heterocycles. The lowest BCUT2D eigenvalue weighted by molar-refractivity contribution is -0.115. The Morgan fingerprint density at radius 1 is 1.31 bits per heavy atom. The summed E-state index contributed by atoms with van der Waals surface area (Å²) in [6.45, 7) is 3.98. The van der Waals surface area contributed by atoms with Crippen molar-refractivity contribution in [2.45, 2.75) is 52.1 Å². The van der Waals surface area contributed by atoms with Gasteiger partial charge in [0.05, 0.1) is 6.10 Å². The number of aldehydes is 1. The molecule has 1 rings (SSSR count). The number of aliphatic hydroxyl groups excluding tert-OH is 1. The van der Waals surface area contributed by atoms with Crippen LogP contribution >= 0.6 is 0 Å². The van der Waals surface area contributed by atoms with Crippen LogP contribution in [0.4, 0.5) is 0 Å². The summed E-state index contributed by atoms with van der Waals surface area (Å²) in [5, 5.41) is 9.31. The van der Waals surface area contributed by atoms with Crippen molar-refractivity contribution in [3.63, 3.8) is 0 Å². The lowest BCUT2D eigenvalue weighted by atomic mass is 9.77. The molecule has 1 aliphatic carbocycles. The molecular weight excluding hydrogens is 164 g/mol. The molecule has 1 saturated carbocycles. The number of rotatable bonds is 3. The van der Waals surface area contributed by atoms with Gasteiger partial charge in [0, 0.05) is 5.41 Å². The summed E-state index contributed by atoms with van der Waals surface area (Å²) in [6.07, 6.45) is 5.94. The van der Waals surface area contributed by atoms with Crippen LogP contribution in [0.1, 0.15) is 46.0 Å². The van der Waals surface area contributed by atoms with Gasteiger partial charge in [-0.3, -0.25) is 0 Å². The van der Waals surface area contributed by atoms with Gasteiger partial charge in [0.25, 0.3) is 0 Å². The molecule has 1 aliphatic rings. The van der Waals surface area contributed by atoms with Gasteiger partial charge in [0.15, 0.2) is 0 Å². The Bertz CT molecular complexity index is 167. The summed E-state index contributed by atoms with van der Waals surface area (Å²) in [4.78, 5) is 10.7. The van der Waals surface area contributed by atoms with Crippen molar-refractivity contribution in [3.05, 3.63) is 0 Å². The Kier molecular flexibility index (Phi) is 3.48. The van der Waals surface area contributed by atoms with Crippen molar-refractivity contribution < 1.29 is 9.90 Å². The summed E-state index contributed by atoms with van der Waals surface area (Å²) in [5.74, 6) is 0.642. The van der Waals surface area contributed by atoms with E-state index in [1.807, 2.05) is 13.8 Å². The largest absolute Gasteiger partial charge is 0.393 e. The van der Waals surface area contributed by atoms with Gasteiger partial charge in [-0.25, -0.2) is 0 Å². The minimum absolute atomic E-state index is 0.0874. The van der Waals surface area contributed by atoms with Crippen LogP contribution in [0.25, 0.3) is 0 Å². The highest BCUT2D eigenvalue weighted by atomic mass is 16.3. The quantitative estimate of drug-likeness (QED) is 0.682. The maximum Gasteiger partial charge on any atom is 0.125 e. The second-order valence-electron chi connectivity index (χ2n) is 4.99. The molecule has 0 heterocycles.